The molecule has 0 aromatic carbocycles. The van der Waals surface area contributed by atoms with Crippen LogP contribution in [-0.2, 0) is 10.0 Å². The first-order valence-corrected chi connectivity index (χ1v) is 10.4. The Balaban J connectivity index is 0.00000288. The van der Waals surface area contributed by atoms with Gasteiger partial charge in [0.05, 0.1) is 9.77 Å². The van der Waals surface area contributed by atoms with Gasteiger partial charge in [-0.05, 0) is 26.0 Å². The number of thiophene rings is 1. The molecule has 1 heterocycles. The highest BCUT2D eigenvalue weighted by molar-refractivity contribution is 7.89. The predicted molar refractivity (Wildman–Crippen MR) is 99.6 cm³/mol. The van der Waals surface area contributed by atoms with Crippen LogP contribution < -0.4 is 15.4 Å². The topological polar surface area (TPSA) is 87.3 Å². The Morgan fingerprint density at radius 2 is 1.88 bits per heavy atom. The summed E-state index contributed by atoms with van der Waals surface area (Å²) in [6, 6.07) is 1.97. The number of amides is 1. The molecule has 1 aromatic heterocycles. The fourth-order valence-electron chi connectivity index (χ4n) is 2.72. The lowest BCUT2D eigenvalue weighted by molar-refractivity contribution is 0.0957. The smallest absolute Gasteiger partial charge is 0.261 e. The van der Waals surface area contributed by atoms with Gasteiger partial charge in [0.15, 0.2) is 0 Å². The van der Waals surface area contributed by atoms with E-state index in [4.69, 9.17) is 0 Å². The molecule has 0 radical (unpaired) electrons. The summed E-state index contributed by atoms with van der Waals surface area (Å²) in [4.78, 5) is 12.6. The van der Waals surface area contributed by atoms with E-state index >= 15 is 0 Å². The molecule has 0 atom stereocenters. The Morgan fingerprint density at radius 3 is 2.50 bits per heavy atom. The van der Waals surface area contributed by atoms with Crippen molar-refractivity contribution in [2.24, 2.45) is 0 Å². The maximum Gasteiger partial charge on any atom is 0.261 e. The zero-order valence-electron chi connectivity index (χ0n) is 13.8. The number of sulfonamides is 1. The van der Waals surface area contributed by atoms with E-state index in [-0.39, 0.29) is 23.2 Å². The highest BCUT2D eigenvalue weighted by atomic mass is 35.5. The lowest BCUT2D eigenvalue weighted by Crippen LogP contribution is -2.36. The quantitative estimate of drug-likeness (QED) is 0.487. The SMILES string of the molecule is CNS(=O)(=O)c1csc(C(=O)NCCNC2CCCCCC2)c1.Cl. The van der Waals surface area contributed by atoms with Gasteiger partial charge in [-0.3, -0.25) is 4.79 Å². The molecule has 0 unspecified atom stereocenters. The highest BCUT2D eigenvalue weighted by Crippen LogP contribution is 2.19. The summed E-state index contributed by atoms with van der Waals surface area (Å²) in [7, 11) is -2.13. The summed E-state index contributed by atoms with van der Waals surface area (Å²) < 4.78 is 25.5. The molecule has 1 aliphatic carbocycles. The van der Waals surface area contributed by atoms with Gasteiger partial charge >= 0.3 is 0 Å². The second kappa shape index (κ2) is 10.4. The average molecular weight is 396 g/mol. The Bertz CT molecular complexity index is 611. The van der Waals surface area contributed by atoms with Gasteiger partial charge < -0.3 is 10.6 Å². The molecule has 138 valence electrons. The van der Waals surface area contributed by atoms with Gasteiger partial charge in [-0.1, -0.05) is 25.7 Å². The second-order valence-corrected chi connectivity index (χ2v) is 8.55. The van der Waals surface area contributed by atoms with Crippen LogP contribution in [0.3, 0.4) is 0 Å². The van der Waals surface area contributed by atoms with Crippen molar-refractivity contribution in [3.8, 4) is 0 Å². The van der Waals surface area contributed by atoms with E-state index in [1.165, 1.54) is 57.0 Å². The Hall–Kier alpha value is -0.670. The fraction of sp³-hybridized carbons (Fsp3) is 0.667. The van der Waals surface area contributed by atoms with Gasteiger partial charge in [-0.2, -0.15) is 0 Å². The zero-order valence-corrected chi connectivity index (χ0v) is 16.3. The third kappa shape index (κ3) is 6.33. The number of hydrogen-bond acceptors (Lipinski definition) is 5. The Morgan fingerprint density at radius 1 is 1.21 bits per heavy atom. The van der Waals surface area contributed by atoms with E-state index < -0.39 is 10.0 Å². The van der Waals surface area contributed by atoms with Crippen LogP contribution in [0.2, 0.25) is 0 Å². The molecule has 2 rings (SSSR count). The van der Waals surface area contributed by atoms with Crippen molar-refractivity contribution < 1.29 is 13.2 Å². The Kier molecular flexibility index (Phi) is 9.22. The number of carbonyl (C=O) groups is 1. The van der Waals surface area contributed by atoms with E-state index in [9.17, 15) is 13.2 Å². The first kappa shape index (κ1) is 21.4. The predicted octanol–water partition coefficient (Wildman–Crippen LogP) is 2.12. The van der Waals surface area contributed by atoms with Crippen molar-refractivity contribution in [3.63, 3.8) is 0 Å². The van der Waals surface area contributed by atoms with Crippen molar-refractivity contribution in [1.82, 2.24) is 15.4 Å². The van der Waals surface area contributed by atoms with Gasteiger partial charge in [-0.25, -0.2) is 13.1 Å². The van der Waals surface area contributed by atoms with E-state index in [2.05, 4.69) is 15.4 Å². The van der Waals surface area contributed by atoms with Crippen LogP contribution in [0, 0.1) is 0 Å². The minimum Gasteiger partial charge on any atom is -0.350 e. The Labute approximate surface area is 154 Å². The monoisotopic (exact) mass is 395 g/mol. The van der Waals surface area contributed by atoms with Crippen molar-refractivity contribution in [2.75, 3.05) is 20.1 Å². The van der Waals surface area contributed by atoms with Crippen LogP contribution in [0.15, 0.2) is 16.3 Å². The van der Waals surface area contributed by atoms with Crippen LogP contribution in [-0.4, -0.2) is 40.5 Å². The number of rotatable bonds is 7. The van der Waals surface area contributed by atoms with Gasteiger partial charge in [0.25, 0.3) is 5.91 Å². The lowest BCUT2D eigenvalue weighted by Gasteiger charge is -2.16. The number of nitrogens with one attached hydrogen (secondary N) is 3. The van der Waals surface area contributed by atoms with Crippen LogP contribution in [0.4, 0.5) is 0 Å². The minimum atomic E-state index is -3.49. The molecule has 0 bridgehead atoms. The highest BCUT2D eigenvalue weighted by Gasteiger charge is 2.17. The number of carbonyl (C=O) groups excluding carboxylic acids is 1. The van der Waals surface area contributed by atoms with Gasteiger partial charge in [0, 0.05) is 24.5 Å². The zero-order chi connectivity index (χ0) is 16.7. The molecular weight excluding hydrogens is 370 g/mol. The normalized spacial score (nSPS) is 16.2. The maximum absolute atomic E-state index is 12.0. The van der Waals surface area contributed by atoms with Crippen molar-refractivity contribution >= 4 is 39.7 Å². The summed E-state index contributed by atoms with van der Waals surface area (Å²) in [5.74, 6) is -0.227. The van der Waals surface area contributed by atoms with Crippen LogP contribution in [0.5, 0.6) is 0 Å². The van der Waals surface area contributed by atoms with Gasteiger partial charge in [0.2, 0.25) is 10.0 Å². The van der Waals surface area contributed by atoms with Crippen LogP contribution >= 0.6 is 23.7 Å². The van der Waals surface area contributed by atoms with Gasteiger partial charge in [0.1, 0.15) is 0 Å². The van der Waals surface area contributed by atoms with E-state index in [1.807, 2.05) is 0 Å². The van der Waals surface area contributed by atoms with Crippen molar-refractivity contribution in [3.05, 3.63) is 16.3 Å². The number of hydrogen-bond donors (Lipinski definition) is 3. The molecule has 0 saturated heterocycles. The van der Waals surface area contributed by atoms with Crippen molar-refractivity contribution in [2.45, 2.75) is 49.5 Å². The summed E-state index contributed by atoms with van der Waals surface area (Å²) in [5, 5.41) is 7.80. The lowest BCUT2D eigenvalue weighted by atomic mass is 10.1. The molecule has 9 heteroatoms. The molecule has 1 fully saturated rings. The van der Waals surface area contributed by atoms with E-state index in [0.717, 1.165) is 17.9 Å². The molecule has 0 aliphatic heterocycles. The maximum atomic E-state index is 12.0. The van der Waals surface area contributed by atoms with E-state index in [0.29, 0.717) is 17.5 Å². The molecule has 1 aliphatic rings. The van der Waals surface area contributed by atoms with Crippen LogP contribution in [0.25, 0.3) is 0 Å². The molecule has 6 nitrogen and oxygen atoms in total. The molecule has 24 heavy (non-hydrogen) atoms. The molecular formula is C15H26ClN3O3S2. The first-order valence-electron chi connectivity index (χ1n) is 8.06. The molecule has 1 saturated carbocycles. The largest absolute Gasteiger partial charge is 0.350 e. The fourth-order valence-corrected chi connectivity index (χ4v) is 4.64. The summed E-state index contributed by atoms with van der Waals surface area (Å²) in [6.07, 6.45) is 7.63. The van der Waals surface area contributed by atoms with Crippen molar-refractivity contribution in [1.29, 1.82) is 0 Å². The first-order chi connectivity index (χ1) is 11.0. The average Bonchev–Trinajstić information content (AvgIpc) is 2.91. The summed E-state index contributed by atoms with van der Waals surface area (Å²) in [6.45, 7) is 1.28. The minimum absolute atomic E-state index is 0. The number of halogens is 1. The second-order valence-electron chi connectivity index (χ2n) is 5.75. The molecule has 1 aromatic rings. The molecule has 1 amide bonds. The third-order valence-electron chi connectivity index (χ3n) is 4.08. The standard InChI is InChI=1S/C15H25N3O3S2.ClH/c1-16-23(20,21)13-10-14(22-11-13)15(19)18-9-8-17-12-6-4-2-3-5-7-12;/h10-12,16-17H,2-9H2,1H3,(H,18,19);1H. The van der Waals surface area contributed by atoms with E-state index in [1.54, 1.807) is 0 Å². The third-order valence-corrected chi connectivity index (χ3v) is 6.55. The summed E-state index contributed by atoms with van der Waals surface area (Å²) >= 11 is 1.14. The van der Waals surface area contributed by atoms with Crippen LogP contribution in [0.1, 0.15) is 48.2 Å². The molecule has 0 spiro atoms. The summed E-state index contributed by atoms with van der Waals surface area (Å²) in [5.41, 5.74) is 0. The van der Waals surface area contributed by atoms with Gasteiger partial charge in [-0.15, -0.1) is 23.7 Å². The molecule has 3 N–H and O–H groups in total.